The van der Waals surface area contributed by atoms with Crippen molar-refractivity contribution in [1.29, 1.82) is 0 Å². The van der Waals surface area contributed by atoms with E-state index < -0.39 is 80.1 Å². The molecule has 2 saturated heterocycles. The van der Waals surface area contributed by atoms with Gasteiger partial charge in [-0.15, -0.1) is 13.2 Å². The maximum atomic E-state index is 7.86. The van der Waals surface area contributed by atoms with Gasteiger partial charge in [-0.1, -0.05) is 135 Å². The van der Waals surface area contributed by atoms with E-state index in [1.807, 2.05) is 54.1 Å². The zero-order chi connectivity index (χ0) is 61.3. The third-order valence-electron chi connectivity index (χ3n) is 20.1. The van der Waals surface area contributed by atoms with Crippen molar-refractivity contribution in [3.63, 3.8) is 0 Å². The van der Waals surface area contributed by atoms with Crippen molar-refractivity contribution in [2.24, 2.45) is 34.5 Å². The molecule has 2 fully saturated rings. The molecule has 0 radical (unpaired) electrons. The van der Waals surface area contributed by atoms with Gasteiger partial charge in [0.25, 0.3) is 0 Å². The predicted molar refractivity (Wildman–Crippen MR) is 347 cm³/mol. The average Bonchev–Trinajstić information content (AvgIpc) is 3.46. The molecule has 0 bridgehead atoms. The summed E-state index contributed by atoms with van der Waals surface area (Å²) in [5.74, 6) is 13.5. The first-order chi connectivity index (χ1) is 37.3. The number of hydrogen-bond acceptors (Lipinski definition) is 10. The number of hydrogen-bond donors (Lipinski definition) is 0. The van der Waals surface area contributed by atoms with Crippen LogP contribution in [-0.4, -0.2) is 120 Å². The lowest BCUT2D eigenvalue weighted by atomic mass is 9.79. The second kappa shape index (κ2) is 32.7. The van der Waals surface area contributed by atoms with Crippen LogP contribution in [0.3, 0.4) is 0 Å². The summed E-state index contributed by atoms with van der Waals surface area (Å²) in [6, 6.07) is 11.9. The monoisotopic (exact) mass is 1190 g/mol. The first-order valence-corrected chi connectivity index (χ1v) is 42.2. The molecule has 14 atom stereocenters. The van der Waals surface area contributed by atoms with E-state index in [4.69, 9.17) is 46.1 Å². The molecule has 2 heterocycles. The summed E-state index contributed by atoms with van der Waals surface area (Å²) in [7, 11) is -5.52. The first-order valence-electron chi connectivity index (χ1n) is 32.1. The molecule has 0 aliphatic carbocycles. The Morgan fingerprint density at radius 3 is 0.938 bits per heavy atom. The molecule has 0 N–H and O–H groups in total. The highest BCUT2D eigenvalue weighted by molar-refractivity contribution is 6.75. The van der Waals surface area contributed by atoms with Crippen molar-refractivity contribution in [1.82, 2.24) is 0 Å². The molecule has 0 aromatic rings. The summed E-state index contributed by atoms with van der Waals surface area (Å²) in [5, 5.41) is 0. The molecule has 0 aromatic heterocycles. The van der Waals surface area contributed by atoms with Crippen molar-refractivity contribution >= 4 is 33.3 Å². The van der Waals surface area contributed by atoms with E-state index in [0.29, 0.717) is 12.8 Å². The van der Waals surface area contributed by atoms with Crippen LogP contribution in [0.15, 0.2) is 25.3 Å². The topological polar surface area (TPSA) is 92.3 Å². The van der Waals surface area contributed by atoms with E-state index in [1.54, 1.807) is 0 Å². The Morgan fingerprint density at radius 1 is 0.463 bits per heavy atom. The molecule has 14 heteroatoms. The highest BCUT2D eigenvalue weighted by Crippen LogP contribution is 2.45. The summed E-state index contributed by atoms with van der Waals surface area (Å²) in [4.78, 5) is 0. The Kier molecular flexibility index (Phi) is 30.7. The minimum absolute atomic E-state index is 0.0614. The number of methoxy groups -OCH3 is 2. The predicted octanol–water partition coefficient (Wildman–Crippen LogP) is 17.4. The molecule has 10 nitrogen and oxygen atoms in total. The van der Waals surface area contributed by atoms with E-state index in [0.717, 1.165) is 72.5 Å². The van der Waals surface area contributed by atoms with Gasteiger partial charge in [0.1, 0.15) is 0 Å². The van der Waals surface area contributed by atoms with E-state index in [1.165, 1.54) is 0 Å². The Morgan fingerprint density at radius 2 is 0.713 bits per heavy atom. The van der Waals surface area contributed by atoms with Gasteiger partial charge in [-0.2, -0.15) is 0 Å². The summed E-state index contributed by atoms with van der Waals surface area (Å²) >= 11 is 0. The van der Waals surface area contributed by atoms with Gasteiger partial charge in [-0.3, -0.25) is 0 Å². The van der Waals surface area contributed by atoms with Crippen LogP contribution in [-0.2, 0) is 46.1 Å². The minimum Gasteiger partial charge on any atom is -0.410 e. The molecule has 0 saturated carbocycles. The molecular formula is C66H126O10Si4. The second-order valence-electron chi connectivity index (χ2n) is 26.4. The van der Waals surface area contributed by atoms with Gasteiger partial charge < -0.3 is 46.1 Å². The van der Waals surface area contributed by atoms with E-state index in [9.17, 15) is 0 Å². The van der Waals surface area contributed by atoms with Crippen molar-refractivity contribution in [2.75, 3.05) is 14.2 Å². The normalized spacial score (nSPS) is 25.1. The van der Waals surface area contributed by atoms with E-state index in [-0.39, 0.29) is 60.3 Å². The molecule has 80 heavy (non-hydrogen) atoms. The summed E-state index contributed by atoms with van der Waals surface area (Å²) in [6.07, 6.45) is 2.37. The molecule has 2 aliphatic heterocycles. The lowest BCUT2D eigenvalue weighted by Crippen LogP contribution is -2.59. The van der Waals surface area contributed by atoms with Crippen LogP contribution < -0.4 is 0 Å². The Labute approximate surface area is 498 Å². The fourth-order valence-corrected chi connectivity index (χ4v) is 24.6. The van der Waals surface area contributed by atoms with E-state index >= 15 is 0 Å². The smallest absolute Gasteiger partial charge is 0.192 e. The molecule has 0 unspecified atom stereocenters. The van der Waals surface area contributed by atoms with Gasteiger partial charge in [0.15, 0.2) is 44.8 Å². The molecule has 0 aromatic carbocycles. The number of rotatable bonds is 36. The molecule has 0 amide bonds. The van der Waals surface area contributed by atoms with Gasteiger partial charge in [-0.25, -0.2) is 0 Å². The van der Waals surface area contributed by atoms with Crippen LogP contribution in [0, 0.1) is 58.2 Å². The van der Waals surface area contributed by atoms with Crippen LogP contribution in [0.25, 0.3) is 0 Å². The third-order valence-corrected chi connectivity index (χ3v) is 38.6. The molecule has 2 aliphatic rings. The fourth-order valence-electron chi connectivity index (χ4n) is 13.0. The van der Waals surface area contributed by atoms with Gasteiger partial charge in [0.2, 0.25) is 0 Å². The fraction of sp³-hybridized carbons (Fsp3) is 0.879. The van der Waals surface area contributed by atoms with Gasteiger partial charge in [0, 0.05) is 50.7 Å². The quantitative estimate of drug-likeness (QED) is 0.0343. The van der Waals surface area contributed by atoms with Crippen LogP contribution in [0.5, 0.6) is 0 Å². The van der Waals surface area contributed by atoms with Crippen molar-refractivity contribution in [3.8, 4) is 23.7 Å². The van der Waals surface area contributed by atoms with Gasteiger partial charge >= 0.3 is 0 Å². The van der Waals surface area contributed by atoms with Crippen molar-refractivity contribution in [3.05, 3.63) is 25.3 Å². The minimum atomic E-state index is -2.30. The summed E-state index contributed by atoms with van der Waals surface area (Å²) in [6.45, 7) is 61.9. The summed E-state index contributed by atoms with van der Waals surface area (Å²) in [5.41, 5.74) is -1.42. The maximum Gasteiger partial charge on any atom is 0.192 e. The van der Waals surface area contributed by atoms with E-state index in [2.05, 4.69) is 175 Å². The summed E-state index contributed by atoms with van der Waals surface area (Å²) < 4.78 is 71.8. The third kappa shape index (κ3) is 19.3. The van der Waals surface area contributed by atoms with Gasteiger partial charge in [0.05, 0.1) is 71.9 Å². The highest BCUT2D eigenvalue weighted by atomic mass is 28.4. The molecule has 466 valence electrons. The van der Waals surface area contributed by atoms with Crippen molar-refractivity contribution in [2.45, 2.75) is 324 Å². The van der Waals surface area contributed by atoms with Gasteiger partial charge in [-0.05, 0) is 140 Å². The highest BCUT2D eigenvalue weighted by Gasteiger charge is 2.53. The lowest BCUT2D eigenvalue weighted by Gasteiger charge is -2.50. The SMILES string of the molecule is C=C[C@@H](C)[C@H]1OC(C)(C)O[C@@H](C[C@H](OC)[C@@H](O[Si](CC)(CC)CC)[C@H](O[Si](CC)(CC)CC)C(C)(C)C#CC#CC(C)(C)[C@@H](O[Si](CC)(CC)CC)[C@H](O[Si](CC)(CC)CC)[C@H](C[C@@H]2OC(C)(C)O[C@H]([C@H](C)C=C)[C@H]2C)OC)[C@@H]1C. The number of ether oxygens (including phenoxy) is 6. The standard InChI is InChI=1S/C66H126O10Si4/c1-29-49(15)57-51(17)53(69-65(23,24)71-57)47-55(67-27)59(73-77(31-3,32-4)33-5)61(75-79(37-9,38-10)39-11)63(19,20)45-43-44-46-64(21,22)62(76-80(40-12,41-13)42-14)60(74-78(34-6,35-7)36-8)56(68-28)48-54-52(18)58(50(16)30-2)72-66(25,26)70-54/h29-30,49-62H,1-2,31-42,47-48H2,3-28H3/t49-,50-,51+,52+,53+,54+,55+,56+,57-,58-,59-,60-,61+,62+/m1/s1. The molecule has 2 rings (SSSR count). The molecule has 0 spiro atoms. The second-order valence-corrected chi connectivity index (χ2v) is 45.3. The zero-order valence-corrected chi connectivity index (χ0v) is 60.6. The Bertz CT molecular complexity index is 1780. The van der Waals surface area contributed by atoms with Crippen LogP contribution in [0.1, 0.15) is 179 Å². The van der Waals surface area contributed by atoms with Crippen LogP contribution >= 0.6 is 0 Å². The maximum absolute atomic E-state index is 7.86. The largest absolute Gasteiger partial charge is 0.410 e. The lowest BCUT2D eigenvalue weighted by molar-refractivity contribution is -0.329. The zero-order valence-electron chi connectivity index (χ0n) is 56.6. The average molecular weight is 1190 g/mol. The Balaban J connectivity index is 3.09. The van der Waals surface area contributed by atoms with Crippen LogP contribution in [0.2, 0.25) is 72.5 Å². The Hall–Kier alpha value is -0.932. The first kappa shape index (κ1) is 75.2. The van der Waals surface area contributed by atoms with Crippen molar-refractivity contribution < 1.29 is 46.1 Å². The molecular weight excluding hydrogens is 1070 g/mol. The van der Waals surface area contributed by atoms with Crippen LogP contribution in [0.4, 0.5) is 0 Å².